The van der Waals surface area contributed by atoms with E-state index in [2.05, 4.69) is 15.3 Å². The number of carbonyl (C=O) groups excluding carboxylic acids is 1. The molecule has 1 amide bonds. The van der Waals surface area contributed by atoms with E-state index in [0.29, 0.717) is 11.8 Å². The number of benzene rings is 1. The Morgan fingerprint density at radius 2 is 2.00 bits per heavy atom. The summed E-state index contributed by atoms with van der Waals surface area (Å²) < 4.78 is 39.2. The molecule has 11 heteroatoms. The number of aliphatic carboxylic acids is 1. The number of rotatable bonds is 7. The van der Waals surface area contributed by atoms with Gasteiger partial charge in [0.05, 0.1) is 23.6 Å². The number of H-pyrrole nitrogens is 1. The molecule has 0 saturated heterocycles. The lowest BCUT2D eigenvalue weighted by Gasteiger charge is -2.19. The molecule has 146 valence electrons. The van der Waals surface area contributed by atoms with E-state index in [9.17, 15) is 33.0 Å². The largest absolute Gasteiger partial charge is 0.508 e. The predicted octanol–water partition coefficient (Wildman–Crippen LogP) is 0.816. The third kappa shape index (κ3) is 5.45. The van der Waals surface area contributed by atoms with Crippen molar-refractivity contribution < 1.29 is 33.0 Å². The fourth-order valence-corrected chi connectivity index (χ4v) is 2.43. The number of aromatic amines is 1. The predicted molar refractivity (Wildman–Crippen MR) is 86.6 cm³/mol. The average molecular weight is 386 g/mol. The van der Waals surface area contributed by atoms with Crippen molar-refractivity contribution in [1.82, 2.24) is 15.3 Å². The van der Waals surface area contributed by atoms with Crippen LogP contribution in [0.15, 0.2) is 30.7 Å². The second kappa shape index (κ2) is 8.08. The van der Waals surface area contributed by atoms with Gasteiger partial charge in [0.25, 0.3) is 0 Å². The van der Waals surface area contributed by atoms with Gasteiger partial charge in [0.1, 0.15) is 11.8 Å². The molecular formula is C16H17F3N4O4. The van der Waals surface area contributed by atoms with E-state index in [0.717, 1.165) is 12.1 Å². The molecule has 2 atom stereocenters. The van der Waals surface area contributed by atoms with Gasteiger partial charge in [-0.3, -0.25) is 4.79 Å². The van der Waals surface area contributed by atoms with Crippen molar-refractivity contribution in [3.05, 3.63) is 47.5 Å². The molecule has 0 bridgehead atoms. The van der Waals surface area contributed by atoms with Crippen LogP contribution in [0.2, 0.25) is 0 Å². The number of amides is 1. The third-order valence-electron chi connectivity index (χ3n) is 3.76. The molecule has 0 fully saturated rings. The minimum atomic E-state index is -4.74. The zero-order valence-electron chi connectivity index (χ0n) is 13.8. The number of carboxylic acids is 1. The number of hydrogen-bond donors (Lipinski definition) is 5. The van der Waals surface area contributed by atoms with Crippen LogP contribution in [0.5, 0.6) is 5.75 Å². The number of aromatic hydroxyl groups is 1. The molecular weight excluding hydrogens is 369 g/mol. The van der Waals surface area contributed by atoms with E-state index in [-0.39, 0.29) is 12.0 Å². The van der Waals surface area contributed by atoms with Crippen LogP contribution in [0.25, 0.3) is 0 Å². The van der Waals surface area contributed by atoms with E-state index < -0.39 is 47.9 Å². The van der Waals surface area contributed by atoms with E-state index in [1.807, 2.05) is 0 Å². The van der Waals surface area contributed by atoms with Crippen LogP contribution in [0.1, 0.15) is 16.8 Å². The summed E-state index contributed by atoms with van der Waals surface area (Å²) >= 11 is 0. The Labute approximate surface area is 151 Å². The maximum atomic E-state index is 13.1. The highest BCUT2D eigenvalue weighted by Gasteiger charge is 2.34. The Morgan fingerprint density at radius 1 is 1.30 bits per heavy atom. The van der Waals surface area contributed by atoms with E-state index in [1.165, 1.54) is 12.5 Å². The standard InChI is InChI=1S/C16H17F3N4O4/c17-16(18,19)11-5-10(24)2-1-8(11)3-12(20)14(25)23-13(15(26)27)4-9-6-21-7-22-9/h1-2,5-7,12-13,24H,3-4,20H2,(H,21,22)(H,23,25)(H,26,27)/t12-,13-/m0/s1. The van der Waals surface area contributed by atoms with Gasteiger partial charge in [0.2, 0.25) is 5.91 Å². The first-order valence-corrected chi connectivity index (χ1v) is 7.73. The van der Waals surface area contributed by atoms with Crippen molar-refractivity contribution in [2.45, 2.75) is 31.1 Å². The molecule has 0 aliphatic heterocycles. The van der Waals surface area contributed by atoms with Crippen LogP contribution in [0.4, 0.5) is 13.2 Å². The van der Waals surface area contributed by atoms with E-state index in [4.69, 9.17) is 5.73 Å². The maximum absolute atomic E-state index is 13.1. The number of nitrogens with zero attached hydrogens (tertiary/aromatic N) is 1. The summed E-state index contributed by atoms with van der Waals surface area (Å²) in [5, 5.41) is 20.7. The molecule has 0 radical (unpaired) electrons. The van der Waals surface area contributed by atoms with Gasteiger partial charge in [-0.2, -0.15) is 13.2 Å². The van der Waals surface area contributed by atoms with Crippen molar-refractivity contribution in [2.24, 2.45) is 5.73 Å². The zero-order valence-corrected chi connectivity index (χ0v) is 13.8. The monoisotopic (exact) mass is 386 g/mol. The summed E-state index contributed by atoms with van der Waals surface area (Å²) in [6, 6.07) is -0.154. The SMILES string of the molecule is N[C@@H](Cc1ccc(O)cc1C(F)(F)F)C(=O)N[C@@H](Cc1c[nH]cn1)C(=O)O. The van der Waals surface area contributed by atoms with Crippen LogP contribution in [0.3, 0.4) is 0 Å². The van der Waals surface area contributed by atoms with Crippen molar-refractivity contribution >= 4 is 11.9 Å². The molecule has 1 aromatic heterocycles. The Morgan fingerprint density at radius 3 is 2.56 bits per heavy atom. The second-order valence-corrected chi connectivity index (χ2v) is 5.81. The van der Waals surface area contributed by atoms with Crippen LogP contribution in [0, 0.1) is 0 Å². The molecule has 0 aliphatic rings. The molecule has 0 aliphatic carbocycles. The Bertz CT molecular complexity index is 808. The Balaban J connectivity index is 2.10. The Hall–Kier alpha value is -3.08. The number of nitrogens with one attached hydrogen (secondary N) is 2. The number of hydrogen-bond acceptors (Lipinski definition) is 5. The van der Waals surface area contributed by atoms with Crippen molar-refractivity contribution in [1.29, 1.82) is 0 Å². The minimum absolute atomic E-state index is 0.121. The van der Waals surface area contributed by atoms with Crippen molar-refractivity contribution in [2.75, 3.05) is 0 Å². The summed E-state index contributed by atoms with van der Waals surface area (Å²) in [6.07, 6.45) is -2.56. The van der Waals surface area contributed by atoms with Gasteiger partial charge in [-0.25, -0.2) is 9.78 Å². The highest BCUT2D eigenvalue weighted by atomic mass is 19.4. The topological polar surface area (TPSA) is 141 Å². The molecule has 1 heterocycles. The van der Waals surface area contributed by atoms with Gasteiger partial charge >= 0.3 is 12.1 Å². The first kappa shape index (κ1) is 20.2. The lowest BCUT2D eigenvalue weighted by Crippen LogP contribution is -2.50. The highest BCUT2D eigenvalue weighted by Crippen LogP contribution is 2.34. The second-order valence-electron chi connectivity index (χ2n) is 5.81. The number of imidazole rings is 1. The van der Waals surface area contributed by atoms with Gasteiger partial charge in [0, 0.05) is 12.6 Å². The molecule has 0 spiro atoms. The van der Waals surface area contributed by atoms with Gasteiger partial charge < -0.3 is 26.2 Å². The number of alkyl halides is 3. The lowest BCUT2D eigenvalue weighted by molar-refractivity contribution is -0.142. The molecule has 0 saturated carbocycles. The Kier molecular flexibility index (Phi) is 6.05. The highest BCUT2D eigenvalue weighted by molar-refractivity contribution is 5.87. The number of carbonyl (C=O) groups is 2. The van der Waals surface area contributed by atoms with Gasteiger partial charge in [-0.15, -0.1) is 0 Å². The lowest BCUT2D eigenvalue weighted by atomic mass is 9.99. The normalized spacial score (nSPS) is 13.8. The van der Waals surface area contributed by atoms with Gasteiger partial charge in [-0.05, 0) is 24.1 Å². The van der Waals surface area contributed by atoms with E-state index >= 15 is 0 Å². The molecule has 2 rings (SSSR count). The summed E-state index contributed by atoms with van der Waals surface area (Å²) in [5.74, 6) is -2.83. The molecule has 27 heavy (non-hydrogen) atoms. The minimum Gasteiger partial charge on any atom is -0.508 e. The summed E-state index contributed by atoms with van der Waals surface area (Å²) in [6.45, 7) is 0. The van der Waals surface area contributed by atoms with Gasteiger partial charge in [0.15, 0.2) is 0 Å². The third-order valence-corrected chi connectivity index (χ3v) is 3.76. The number of carboxylic acid groups (broad SMARTS) is 1. The van der Waals surface area contributed by atoms with Crippen LogP contribution < -0.4 is 11.1 Å². The fraction of sp³-hybridized carbons (Fsp3) is 0.312. The number of phenols is 1. The summed E-state index contributed by atoms with van der Waals surface area (Å²) in [7, 11) is 0. The quantitative estimate of drug-likeness (QED) is 0.477. The number of halogens is 3. The van der Waals surface area contributed by atoms with E-state index in [1.54, 1.807) is 0 Å². The fourth-order valence-electron chi connectivity index (χ4n) is 2.43. The van der Waals surface area contributed by atoms with Gasteiger partial charge in [-0.1, -0.05) is 6.07 Å². The maximum Gasteiger partial charge on any atom is 0.416 e. The molecule has 1 aromatic carbocycles. The van der Waals surface area contributed by atoms with Crippen molar-refractivity contribution in [3.63, 3.8) is 0 Å². The zero-order chi connectivity index (χ0) is 20.2. The first-order valence-electron chi connectivity index (χ1n) is 7.73. The number of aromatic nitrogens is 2. The molecule has 8 nitrogen and oxygen atoms in total. The molecule has 0 unspecified atom stereocenters. The van der Waals surface area contributed by atoms with Crippen LogP contribution >= 0.6 is 0 Å². The van der Waals surface area contributed by atoms with Crippen LogP contribution in [-0.2, 0) is 28.6 Å². The molecule has 2 aromatic rings. The van der Waals surface area contributed by atoms with Crippen LogP contribution in [-0.4, -0.2) is 44.1 Å². The average Bonchev–Trinajstić information content (AvgIpc) is 3.07. The van der Waals surface area contributed by atoms with Crippen molar-refractivity contribution in [3.8, 4) is 5.75 Å². The number of phenolic OH excluding ortho intramolecular Hbond substituents is 1. The molecule has 6 N–H and O–H groups in total. The summed E-state index contributed by atoms with van der Waals surface area (Å²) in [5.41, 5.74) is 4.64. The smallest absolute Gasteiger partial charge is 0.416 e. The summed E-state index contributed by atoms with van der Waals surface area (Å²) in [4.78, 5) is 29.9. The number of nitrogens with two attached hydrogens (primary N) is 1. The first-order chi connectivity index (χ1) is 12.6.